The molecule has 26 heavy (non-hydrogen) atoms. The summed E-state index contributed by atoms with van der Waals surface area (Å²) in [5.74, 6) is -1.93. The van der Waals surface area contributed by atoms with E-state index in [4.69, 9.17) is 0 Å². The average Bonchev–Trinajstić information content (AvgIpc) is 3.01. The monoisotopic (exact) mass is 370 g/mol. The third-order valence-corrected chi connectivity index (χ3v) is 3.61. The molecular weight excluding hydrogens is 353 g/mol. The fourth-order valence-corrected chi connectivity index (χ4v) is 2.37. The van der Waals surface area contributed by atoms with Crippen molar-refractivity contribution in [3.63, 3.8) is 0 Å². The lowest BCUT2D eigenvalue weighted by atomic mass is 10.0. The average molecular weight is 370 g/mol. The van der Waals surface area contributed by atoms with Crippen molar-refractivity contribution in [2.75, 3.05) is 7.05 Å². The van der Waals surface area contributed by atoms with Crippen LogP contribution in [0.4, 0.5) is 13.2 Å². The predicted molar refractivity (Wildman–Crippen MR) is 84.9 cm³/mol. The van der Waals surface area contributed by atoms with Crippen molar-refractivity contribution >= 4 is 11.8 Å². The van der Waals surface area contributed by atoms with Gasteiger partial charge in [-0.3, -0.25) is 14.3 Å². The molecule has 2 atom stereocenters. The number of likely N-dealkylation sites (N-methyl/N-ethyl adjacent to an activating group) is 1. The molecule has 0 aliphatic rings. The fraction of sp³-hybridized carbons (Fsp3) is 0.312. The number of amides is 2. The van der Waals surface area contributed by atoms with Crippen LogP contribution in [-0.4, -0.2) is 39.8 Å². The van der Waals surface area contributed by atoms with E-state index in [-0.39, 0.29) is 0 Å². The SMILES string of the molecule is CNC(=O)C(NC(=O)c1cn(C)nc1C(F)(F)F)C(O)c1ccccc1. The summed E-state index contributed by atoms with van der Waals surface area (Å²) in [6.45, 7) is 0. The number of halogens is 3. The van der Waals surface area contributed by atoms with Crippen molar-refractivity contribution in [3.8, 4) is 0 Å². The molecule has 1 heterocycles. The van der Waals surface area contributed by atoms with E-state index in [0.29, 0.717) is 5.56 Å². The van der Waals surface area contributed by atoms with Gasteiger partial charge in [-0.1, -0.05) is 30.3 Å². The summed E-state index contributed by atoms with van der Waals surface area (Å²) in [7, 11) is 2.52. The van der Waals surface area contributed by atoms with Gasteiger partial charge in [0.25, 0.3) is 5.91 Å². The number of nitrogens with zero attached hydrogens (tertiary/aromatic N) is 2. The van der Waals surface area contributed by atoms with E-state index in [1.807, 2.05) is 0 Å². The molecule has 0 aliphatic heterocycles. The Kier molecular flexibility index (Phi) is 5.66. The van der Waals surface area contributed by atoms with Gasteiger partial charge in [0.1, 0.15) is 12.1 Å². The first-order valence-electron chi connectivity index (χ1n) is 7.51. The van der Waals surface area contributed by atoms with Crippen molar-refractivity contribution in [2.45, 2.75) is 18.3 Å². The van der Waals surface area contributed by atoms with Crippen molar-refractivity contribution in [3.05, 3.63) is 53.3 Å². The highest BCUT2D eigenvalue weighted by molar-refractivity contribution is 5.98. The van der Waals surface area contributed by atoms with Crippen LogP contribution in [-0.2, 0) is 18.0 Å². The Bertz CT molecular complexity index is 790. The van der Waals surface area contributed by atoms with E-state index in [1.165, 1.54) is 26.2 Å². The van der Waals surface area contributed by atoms with Gasteiger partial charge in [-0.05, 0) is 5.56 Å². The maximum absolute atomic E-state index is 13.0. The van der Waals surface area contributed by atoms with Crippen molar-refractivity contribution in [1.29, 1.82) is 0 Å². The highest BCUT2D eigenvalue weighted by Gasteiger charge is 2.40. The van der Waals surface area contributed by atoms with Crippen LogP contribution in [0.1, 0.15) is 27.7 Å². The summed E-state index contributed by atoms with van der Waals surface area (Å²) in [4.78, 5) is 24.4. The second-order valence-electron chi connectivity index (χ2n) is 5.48. The molecule has 2 unspecified atom stereocenters. The van der Waals surface area contributed by atoms with E-state index in [0.717, 1.165) is 10.9 Å². The lowest BCUT2D eigenvalue weighted by Gasteiger charge is -2.23. The minimum absolute atomic E-state index is 0.323. The third kappa shape index (κ3) is 4.20. The molecule has 0 aliphatic carbocycles. The van der Waals surface area contributed by atoms with Gasteiger partial charge in [0.15, 0.2) is 5.69 Å². The number of benzene rings is 1. The zero-order valence-corrected chi connectivity index (χ0v) is 13.9. The standard InChI is InChI=1S/C16H17F3N4O3/c1-20-15(26)11(12(24)9-6-4-3-5-7-9)21-14(25)10-8-23(2)22-13(10)16(17,18)19/h3-8,11-12,24H,1-2H3,(H,20,26)(H,21,25). The molecule has 0 bridgehead atoms. The van der Waals surface area contributed by atoms with Gasteiger partial charge in [-0.2, -0.15) is 18.3 Å². The molecule has 3 N–H and O–H groups in total. The van der Waals surface area contributed by atoms with Gasteiger partial charge in [0, 0.05) is 20.3 Å². The van der Waals surface area contributed by atoms with Gasteiger partial charge in [0.05, 0.1) is 5.56 Å². The molecule has 7 nitrogen and oxygen atoms in total. The number of carbonyl (C=O) groups is 2. The van der Waals surface area contributed by atoms with E-state index in [9.17, 15) is 27.9 Å². The summed E-state index contributed by atoms with van der Waals surface area (Å²) in [6.07, 6.45) is -5.39. The van der Waals surface area contributed by atoms with Gasteiger partial charge in [-0.25, -0.2) is 0 Å². The Hall–Kier alpha value is -2.88. The Morgan fingerprint density at radius 1 is 1.23 bits per heavy atom. The number of rotatable bonds is 5. The Morgan fingerprint density at radius 3 is 2.38 bits per heavy atom. The molecule has 0 radical (unpaired) electrons. The van der Waals surface area contributed by atoms with Crippen molar-refractivity contribution in [2.24, 2.45) is 7.05 Å². The normalized spacial score (nSPS) is 13.8. The van der Waals surface area contributed by atoms with Crippen LogP contribution < -0.4 is 10.6 Å². The third-order valence-electron chi connectivity index (χ3n) is 3.61. The summed E-state index contributed by atoms with van der Waals surface area (Å²) in [5.41, 5.74) is -1.79. The van der Waals surface area contributed by atoms with E-state index >= 15 is 0 Å². The Morgan fingerprint density at radius 2 is 1.85 bits per heavy atom. The Labute approximate surface area is 146 Å². The van der Waals surface area contributed by atoms with Crippen molar-refractivity contribution < 1.29 is 27.9 Å². The molecule has 0 saturated heterocycles. The van der Waals surface area contributed by atoms with Gasteiger partial charge in [0.2, 0.25) is 5.91 Å². The first kappa shape index (κ1) is 19.4. The molecular formula is C16H17F3N4O3. The first-order chi connectivity index (χ1) is 12.1. The number of aromatic nitrogens is 2. The van der Waals surface area contributed by atoms with E-state index < -0.39 is 41.4 Å². The van der Waals surface area contributed by atoms with Crippen LogP contribution in [0.15, 0.2) is 36.5 Å². The van der Waals surface area contributed by atoms with Crippen LogP contribution in [0.2, 0.25) is 0 Å². The predicted octanol–water partition coefficient (Wildman–Crippen LogP) is 1.02. The lowest BCUT2D eigenvalue weighted by Crippen LogP contribution is -2.49. The minimum Gasteiger partial charge on any atom is -0.386 e. The topological polar surface area (TPSA) is 96.3 Å². The summed E-state index contributed by atoms with van der Waals surface area (Å²) in [5, 5.41) is 18.1. The van der Waals surface area contributed by atoms with Crippen LogP contribution >= 0.6 is 0 Å². The largest absolute Gasteiger partial charge is 0.435 e. The molecule has 0 fully saturated rings. The van der Waals surface area contributed by atoms with Crippen molar-refractivity contribution in [1.82, 2.24) is 20.4 Å². The second-order valence-corrected chi connectivity index (χ2v) is 5.48. The van der Waals surface area contributed by atoms with Crippen LogP contribution in [0.25, 0.3) is 0 Å². The zero-order chi connectivity index (χ0) is 19.5. The maximum Gasteiger partial charge on any atom is 0.435 e. The van der Waals surface area contributed by atoms with E-state index in [1.54, 1.807) is 18.2 Å². The number of aliphatic hydroxyl groups is 1. The lowest BCUT2D eigenvalue weighted by molar-refractivity contribution is -0.141. The molecule has 140 valence electrons. The number of hydrogen-bond donors (Lipinski definition) is 3. The van der Waals surface area contributed by atoms with Gasteiger partial charge in [-0.15, -0.1) is 0 Å². The second kappa shape index (κ2) is 7.56. The van der Waals surface area contributed by atoms with Gasteiger partial charge < -0.3 is 15.7 Å². The zero-order valence-electron chi connectivity index (χ0n) is 13.9. The summed E-state index contributed by atoms with van der Waals surface area (Å²) in [6, 6.07) is 6.48. The number of aryl methyl sites for hydroxylation is 1. The molecule has 0 saturated carbocycles. The molecule has 10 heteroatoms. The molecule has 0 spiro atoms. The molecule has 2 amide bonds. The molecule has 2 rings (SSSR count). The van der Waals surface area contributed by atoms with Crippen LogP contribution in [0.5, 0.6) is 0 Å². The molecule has 1 aromatic carbocycles. The molecule has 1 aromatic heterocycles. The summed E-state index contributed by atoms with van der Waals surface area (Å²) < 4.78 is 39.9. The van der Waals surface area contributed by atoms with Crippen LogP contribution in [0, 0.1) is 0 Å². The van der Waals surface area contributed by atoms with Crippen LogP contribution in [0.3, 0.4) is 0 Å². The quantitative estimate of drug-likeness (QED) is 0.732. The fourth-order valence-electron chi connectivity index (χ4n) is 2.37. The number of carbonyl (C=O) groups excluding carboxylic acids is 2. The number of hydrogen-bond acceptors (Lipinski definition) is 4. The number of aliphatic hydroxyl groups excluding tert-OH is 1. The summed E-state index contributed by atoms with van der Waals surface area (Å²) >= 11 is 0. The Balaban J connectivity index is 2.32. The van der Waals surface area contributed by atoms with Gasteiger partial charge >= 0.3 is 6.18 Å². The minimum atomic E-state index is -4.84. The smallest absolute Gasteiger partial charge is 0.386 e. The highest BCUT2D eigenvalue weighted by atomic mass is 19.4. The van der Waals surface area contributed by atoms with E-state index in [2.05, 4.69) is 15.7 Å². The highest BCUT2D eigenvalue weighted by Crippen LogP contribution is 2.30. The maximum atomic E-state index is 13.0. The number of alkyl halides is 3. The first-order valence-corrected chi connectivity index (χ1v) is 7.51. The molecule has 2 aromatic rings. The number of nitrogens with one attached hydrogen (secondary N) is 2.